The van der Waals surface area contributed by atoms with Crippen LogP contribution in [-0.4, -0.2) is 9.13 Å². The lowest BCUT2D eigenvalue weighted by Gasteiger charge is -2.21. The van der Waals surface area contributed by atoms with E-state index in [2.05, 4.69) is 207 Å². The van der Waals surface area contributed by atoms with Crippen LogP contribution in [0.2, 0.25) is 0 Å². The van der Waals surface area contributed by atoms with E-state index in [1.807, 2.05) is 11.3 Å². The minimum atomic E-state index is -0.0553. The Bertz CT molecular complexity index is 3680. The Morgan fingerprint density at radius 2 is 0.935 bits per heavy atom. The van der Waals surface area contributed by atoms with Crippen LogP contribution < -0.4 is 0 Å². The van der Waals surface area contributed by atoms with E-state index in [9.17, 15) is 0 Å². The Balaban J connectivity index is 0.978. The van der Waals surface area contributed by atoms with Gasteiger partial charge in [0, 0.05) is 53.8 Å². The maximum absolute atomic E-state index is 6.80. The second-order valence-electron chi connectivity index (χ2n) is 18.5. The SMILES string of the molecule is CC1(C)c2ccccc2-c2cc(-n3c4ccc(-c5ccc6c(c5)c5c7ccccc7sc5n6-c5ccc6c(c5)-c5ccccc5C6(C)C)cc4c4c5ccccc5oc43)ccc21. The van der Waals surface area contributed by atoms with Gasteiger partial charge >= 0.3 is 0 Å². The molecule has 4 heterocycles. The number of rotatable bonds is 3. The average Bonchev–Trinajstić information content (AvgIpc) is 4.11. The van der Waals surface area contributed by atoms with Crippen molar-refractivity contribution in [2.75, 3.05) is 0 Å². The van der Waals surface area contributed by atoms with Crippen LogP contribution in [0.5, 0.6) is 0 Å². The molecule has 62 heavy (non-hydrogen) atoms. The fraction of sp³-hybridized carbons (Fsp3) is 0.103. The number of para-hydroxylation sites is 1. The van der Waals surface area contributed by atoms with Gasteiger partial charge < -0.3 is 8.98 Å². The summed E-state index contributed by atoms with van der Waals surface area (Å²) in [5.41, 5.74) is 19.6. The number of aromatic nitrogens is 2. The topological polar surface area (TPSA) is 23.0 Å². The molecule has 0 atom stereocenters. The second kappa shape index (κ2) is 11.8. The first-order chi connectivity index (χ1) is 30.3. The summed E-state index contributed by atoms with van der Waals surface area (Å²) in [6, 6.07) is 63.4. The van der Waals surface area contributed by atoms with Crippen molar-refractivity contribution in [1.29, 1.82) is 0 Å². The first-order valence-electron chi connectivity index (χ1n) is 21.7. The molecule has 0 unspecified atom stereocenters. The normalized spacial score (nSPS) is 14.7. The summed E-state index contributed by atoms with van der Waals surface area (Å²) in [7, 11) is 0. The average molecular weight is 813 g/mol. The van der Waals surface area contributed by atoms with E-state index < -0.39 is 0 Å². The van der Waals surface area contributed by atoms with Crippen molar-refractivity contribution in [3.05, 3.63) is 192 Å². The van der Waals surface area contributed by atoms with Crippen LogP contribution in [-0.2, 0) is 10.8 Å². The van der Waals surface area contributed by atoms with Crippen molar-refractivity contribution in [2.24, 2.45) is 0 Å². The molecule has 3 nitrogen and oxygen atoms in total. The van der Waals surface area contributed by atoms with Crippen LogP contribution in [0.4, 0.5) is 0 Å². The molecular weight excluding hydrogens is 773 g/mol. The molecule has 0 bridgehead atoms. The fourth-order valence-corrected chi connectivity index (χ4v) is 12.8. The van der Waals surface area contributed by atoms with E-state index >= 15 is 0 Å². The summed E-state index contributed by atoms with van der Waals surface area (Å²) in [6.45, 7) is 9.39. The Hall–Kier alpha value is -7.14. The minimum absolute atomic E-state index is 0.0357. The van der Waals surface area contributed by atoms with Gasteiger partial charge in [-0.3, -0.25) is 4.57 Å². The monoisotopic (exact) mass is 812 g/mol. The number of hydrogen-bond acceptors (Lipinski definition) is 2. The van der Waals surface area contributed by atoms with Gasteiger partial charge in [0.1, 0.15) is 10.4 Å². The summed E-state index contributed by atoms with van der Waals surface area (Å²) < 4.78 is 13.0. The predicted molar refractivity (Wildman–Crippen MR) is 261 cm³/mol. The number of hydrogen-bond donors (Lipinski definition) is 0. The maximum Gasteiger partial charge on any atom is 0.213 e. The lowest BCUT2D eigenvalue weighted by atomic mass is 9.82. The summed E-state index contributed by atoms with van der Waals surface area (Å²) in [6.07, 6.45) is 0. The third-order valence-corrected chi connectivity index (χ3v) is 15.7. The van der Waals surface area contributed by atoms with E-state index in [4.69, 9.17) is 4.42 Å². The largest absolute Gasteiger partial charge is 0.439 e. The van der Waals surface area contributed by atoms with Crippen molar-refractivity contribution in [2.45, 2.75) is 38.5 Å². The molecule has 0 spiro atoms. The Morgan fingerprint density at radius 1 is 0.419 bits per heavy atom. The van der Waals surface area contributed by atoms with E-state index in [0.29, 0.717) is 0 Å². The summed E-state index contributed by atoms with van der Waals surface area (Å²) in [5.74, 6) is 0. The van der Waals surface area contributed by atoms with Gasteiger partial charge in [-0.15, -0.1) is 11.3 Å². The van der Waals surface area contributed by atoms with Crippen LogP contribution >= 0.6 is 11.3 Å². The molecule has 12 aromatic rings. The number of nitrogens with zero attached hydrogens (tertiary/aromatic N) is 2. The number of fused-ring (bicyclic) bond motifs is 16. The van der Waals surface area contributed by atoms with E-state index in [1.54, 1.807) is 0 Å². The van der Waals surface area contributed by atoms with Crippen LogP contribution in [0, 0.1) is 0 Å². The molecule has 8 aromatic carbocycles. The van der Waals surface area contributed by atoms with Gasteiger partial charge in [-0.1, -0.05) is 137 Å². The molecule has 2 aliphatic rings. The maximum atomic E-state index is 6.80. The van der Waals surface area contributed by atoms with Gasteiger partial charge in [-0.25, -0.2) is 0 Å². The Labute approximate surface area is 362 Å². The van der Waals surface area contributed by atoms with Crippen LogP contribution in [0.1, 0.15) is 49.9 Å². The third-order valence-electron chi connectivity index (χ3n) is 14.6. The molecular formula is C58H40N2OS. The first kappa shape index (κ1) is 34.6. The van der Waals surface area contributed by atoms with Crippen LogP contribution in [0.3, 0.4) is 0 Å². The van der Waals surface area contributed by atoms with E-state index in [-0.39, 0.29) is 10.8 Å². The summed E-state index contributed by atoms with van der Waals surface area (Å²) in [5, 5.41) is 7.37. The van der Waals surface area contributed by atoms with Crippen molar-refractivity contribution in [1.82, 2.24) is 9.13 Å². The highest BCUT2D eigenvalue weighted by atomic mass is 32.1. The highest BCUT2D eigenvalue weighted by Gasteiger charge is 2.37. The Morgan fingerprint density at radius 3 is 1.60 bits per heavy atom. The molecule has 0 aliphatic heterocycles. The molecule has 0 N–H and O–H groups in total. The lowest BCUT2D eigenvalue weighted by Crippen LogP contribution is -2.14. The predicted octanol–water partition coefficient (Wildman–Crippen LogP) is 16.1. The van der Waals surface area contributed by atoms with Gasteiger partial charge in [0.25, 0.3) is 0 Å². The number of thiophene rings is 1. The van der Waals surface area contributed by atoms with Crippen LogP contribution in [0.15, 0.2) is 174 Å². The lowest BCUT2D eigenvalue weighted by molar-refractivity contribution is 0.645. The smallest absolute Gasteiger partial charge is 0.213 e. The van der Waals surface area contributed by atoms with Gasteiger partial charge in [0.2, 0.25) is 5.71 Å². The van der Waals surface area contributed by atoms with Gasteiger partial charge in [-0.2, -0.15) is 0 Å². The quantitative estimate of drug-likeness (QED) is 0.174. The molecule has 4 heteroatoms. The molecule has 2 aliphatic carbocycles. The van der Waals surface area contributed by atoms with Crippen molar-refractivity contribution in [3.63, 3.8) is 0 Å². The zero-order valence-electron chi connectivity index (χ0n) is 34.9. The third kappa shape index (κ3) is 4.35. The molecule has 0 fully saturated rings. The molecule has 0 radical (unpaired) electrons. The number of benzene rings is 8. The van der Waals surface area contributed by atoms with Crippen molar-refractivity contribution in [3.8, 4) is 44.8 Å². The first-order valence-corrected chi connectivity index (χ1v) is 22.5. The molecule has 0 saturated carbocycles. The van der Waals surface area contributed by atoms with Gasteiger partial charge in [0.05, 0.1) is 16.4 Å². The highest BCUT2D eigenvalue weighted by molar-refractivity contribution is 7.25. The van der Waals surface area contributed by atoms with Crippen molar-refractivity contribution < 1.29 is 4.42 Å². The minimum Gasteiger partial charge on any atom is -0.439 e. The molecule has 0 saturated heterocycles. The summed E-state index contributed by atoms with van der Waals surface area (Å²) >= 11 is 1.89. The molecule has 14 rings (SSSR count). The van der Waals surface area contributed by atoms with Gasteiger partial charge in [0.15, 0.2) is 0 Å². The second-order valence-corrected chi connectivity index (χ2v) is 19.5. The molecule has 294 valence electrons. The number of furan rings is 1. The van der Waals surface area contributed by atoms with Crippen LogP contribution in [0.25, 0.3) is 109 Å². The summed E-state index contributed by atoms with van der Waals surface area (Å²) in [4.78, 5) is 1.28. The molecule has 0 amide bonds. The fourth-order valence-electron chi connectivity index (χ4n) is 11.5. The highest BCUT2D eigenvalue weighted by Crippen LogP contribution is 2.52. The Kier molecular flexibility index (Phi) is 6.59. The zero-order chi connectivity index (χ0) is 41.2. The standard InChI is InChI=1S/C58H40N2OS/c1-57(2)45-17-9-5-13-37(45)41-31-35(23-25-47(41)57)59-49-27-21-33(29-43(49)53-39-15-7-11-19-51(39)61-55(53)59)34-22-28-50-44(30-34)54-40-16-8-12-20-52(40)62-56(54)60(50)36-24-26-48-42(32-36)38-14-6-10-18-46(38)58(48,3)4/h5-32H,1-4H3. The van der Waals surface area contributed by atoms with E-state index in [0.717, 1.165) is 33.3 Å². The molecule has 4 aromatic heterocycles. The van der Waals surface area contributed by atoms with Crippen molar-refractivity contribution >= 4 is 75.5 Å². The van der Waals surface area contributed by atoms with Gasteiger partial charge in [-0.05, 0) is 116 Å². The van der Waals surface area contributed by atoms with E-state index in [1.165, 1.54) is 97.9 Å². The zero-order valence-corrected chi connectivity index (χ0v) is 35.7.